The molecule has 0 radical (unpaired) electrons. The summed E-state index contributed by atoms with van der Waals surface area (Å²) in [6, 6.07) is 0. The van der Waals surface area contributed by atoms with Gasteiger partial charge < -0.3 is 24.1 Å². The summed E-state index contributed by atoms with van der Waals surface area (Å²) in [4.78, 5) is 12.1. The summed E-state index contributed by atoms with van der Waals surface area (Å²) in [5.74, 6) is 0.0663. The van der Waals surface area contributed by atoms with Crippen LogP contribution in [-0.4, -0.2) is 44.7 Å². The van der Waals surface area contributed by atoms with Crippen LogP contribution in [0.5, 0.6) is 0 Å². The molecule has 9 nitrogen and oxygen atoms in total. The summed E-state index contributed by atoms with van der Waals surface area (Å²) in [6.45, 7) is 7.86. The molecule has 0 amide bonds. The van der Waals surface area contributed by atoms with Gasteiger partial charge in [0.15, 0.2) is 10.8 Å². The minimum atomic E-state index is -3.32. The third-order valence-corrected chi connectivity index (χ3v) is 5.16. The monoisotopic (exact) mass is 391 g/mol. The largest absolute Gasteiger partial charge is 0.368 e. The van der Waals surface area contributed by atoms with Gasteiger partial charge in [-0.15, -0.1) is 0 Å². The van der Waals surface area contributed by atoms with E-state index in [1.54, 1.807) is 38.6 Å². The van der Waals surface area contributed by atoms with Gasteiger partial charge in [-0.05, 0) is 27.7 Å². The van der Waals surface area contributed by atoms with Crippen LogP contribution in [0.3, 0.4) is 0 Å². The molecule has 0 spiro atoms. The number of hydrogen-bond donors (Lipinski definition) is 1. The molecule has 0 fully saturated rings. The van der Waals surface area contributed by atoms with Crippen molar-refractivity contribution in [1.29, 1.82) is 0 Å². The first-order chi connectivity index (χ1) is 11.7. The minimum absolute atomic E-state index is 0.0663. The fraction of sp³-hybridized carbons (Fsp3) is 0.643. The lowest BCUT2D eigenvalue weighted by molar-refractivity contribution is 0.0961. The van der Waals surface area contributed by atoms with Crippen molar-refractivity contribution >= 4 is 36.3 Å². The first-order valence-electron chi connectivity index (χ1n) is 7.87. The first-order valence-corrected chi connectivity index (χ1v) is 9.98. The van der Waals surface area contributed by atoms with Crippen LogP contribution >= 0.6 is 19.2 Å². The Bertz CT molecular complexity index is 753. The zero-order valence-electron chi connectivity index (χ0n) is 14.7. The number of imidazole rings is 1. The number of ether oxygens (including phenoxy) is 1. The van der Waals surface area contributed by atoms with E-state index in [1.807, 2.05) is 0 Å². The summed E-state index contributed by atoms with van der Waals surface area (Å²) in [6.07, 6.45) is 0.982. The van der Waals surface area contributed by atoms with E-state index in [-0.39, 0.29) is 36.3 Å². The number of nitrogens with two attached hydrogens (primary N) is 1. The van der Waals surface area contributed by atoms with E-state index in [0.717, 1.165) is 0 Å². The molecule has 25 heavy (non-hydrogen) atoms. The van der Waals surface area contributed by atoms with E-state index in [2.05, 4.69) is 15.0 Å². The highest BCUT2D eigenvalue weighted by Gasteiger charge is 2.28. The number of halogens is 1. The van der Waals surface area contributed by atoms with Crippen LogP contribution < -0.4 is 5.73 Å². The molecule has 0 aliphatic carbocycles. The first kappa shape index (κ1) is 20.1. The molecule has 0 aromatic carbocycles. The second kappa shape index (κ2) is 8.42. The fourth-order valence-electron chi connectivity index (χ4n) is 2.19. The van der Waals surface area contributed by atoms with Gasteiger partial charge in [-0.25, -0.2) is 4.98 Å². The van der Waals surface area contributed by atoms with E-state index in [9.17, 15) is 4.57 Å². The maximum Gasteiger partial charge on any atom is 0.356 e. The van der Waals surface area contributed by atoms with Gasteiger partial charge >= 0.3 is 7.60 Å². The summed E-state index contributed by atoms with van der Waals surface area (Å²) in [5, 5.41) is 0.219. The van der Waals surface area contributed by atoms with E-state index in [4.69, 9.17) is 31.1 Å². The van der Waals surface area contributed by atoms with Gasteiger partial charge in [-0.1, -0.05) is 11.6 Å². The quantitative estimate of drug-likeness (QED) is 0.394. The molecule has 0 saturated carbocycles. The van der Waals surface area contributed by atoms with Crippen molar-refractivity contribution in [2.45, 2.75) is 46.4 Å². The molecule has 0 atom stereocenters. The van der Waals surface area contributed by atoms with E-state index in [0.29, 0.717) is 17.7 Å². The Kier molecular flexibility index (Phi) is 6.76. The van der Waals surface area contributed by atoms with Crippen molar-refractivity contribution in [2.75, 3.05) is 18.7 Å². The highest BCUT2D eigenvalue weighted by molar-refractivity contribution is 7.53. The van der Waals surface area contributed by atoms with Crippen LogP contribution in [0.1, 0.15) is 27.7 Å². The SMILES string of the molecule is CC(C)OP(=O)(COCCn1cnc2nc(N)nc(Cl)c21)OC(C)C. The molecular formula is C14H23ClN5O4P. The van der Waals surface area contributed by atoms with Crippen molar-refractivity contribution in [1.82, 2.24) is 19.5 Å². The number of anilines is 1. The molecule has 2 aromatic rings. The van der Waals surface area contributed by atoms with Crippen LogP contribution in [-0.2, 0) is 24.9 Å². The number of rotatable bonds is 9. The lowest BCUT2D eigenvalue weighted by atomic mass is 10.5. The van der Waals surface area contributed by atoms with Crippen molar-refractivity contribution in [3.8, 4) is 0 Å². The van der Waals surface area contributed by atoms with Gasteiger partial charge in [0.2, 0.25) is 5.95 Å². The standard InChI is InChI=1S/C14H23ClN5O4P/c1-9(2)23-25(21,24-10(3)4)8-22-6-5-20-7-17-13-11(20)12(15)18-14(16)19-13/h7,9-10H,5-6,8H2,1-4H3,(H2,16,18,19). The molecule has 2 heterocycles. The van der Waals surface area contributed by atoms with Gasteiger partial charge in [0.25, 0.3) is 0 Å². The molecule has 0 saturated heterocycles. The fourth-order valence-corrected chi connectivity index (χ4v) is 4.28. The van der Waals surface area contributed by atoms with E-state index in [1.165, 1.54) is 0 Å². The number of nitrogens with zero attached hydrogens (tertiary/aromatic N) is 4. The van der Waals surface area contributed by atoms with Gasteiger partial charge in [-0.2, -0.15) is 9.97 Å². The molecule has 2 aromatic heterocycles. The number of fused-ring (bicyclic) bond motifs is 1. The highest BCUT2D eigenvalue weighted by Crippen LogP contribution is 2.50. The molecule has 0 aliphatic rings. The molecule has 2 N–H and O–H groups in total. The Hall–Kier alpha value is -1.25. The second-order valence-electron chi connectivity index (χ2n) is 5.94. The summed E-state index contributed by atoms with van der Waals surface area (Å²) < 4.78 is 30.8. The Morgan fingerprint density at radius 2 is 1.88 bits per heavy atom. The molecule has 0 unspecified atom stereocenters. The van der Waals surface area contributed by atoms with Crippen LogP contribution in [0.15, 0.2) is 6.33 Å². The molecular weight excluding hydrogens is 369 g/mol. The lowest BCUT2D eigenvalue weighted by Crippen LogP contribution is -2.13. The third-order valence-electron chi connectivity index (χ3n) is 2.92. The van der Waals surface area contributed by atoms with Gasteiger partial charge in [0.05, 0.1) is 25.1 Å². The molecule has 2 rings (SSSR count). The summed E-state index contributed by atoms with van der Waals surface area (Å²) in [7, 11) is -3.32. The summed E-state index contributed by atoms with van der Waals surface area (Å²) in [5.41, 5.74) is 6.52. The number of hydrogen-bond acceptors (Lipinski definition) is 8. The molecule has 11 heteroatoms. The van der Waals surface area contributed by atoms with Crippen LogP contribution in [0.25, 0.3) is 11.2 Å². The average molecular weight is 392 g/mol. The zero-order chi connectivity index (χ0) is 18.6. The van der Waals surface area contributed by atoms with Crippen LogP contribution in [0.4, 0.5) is 5.95 Å². The Morgan fingerprint density at radius 1 is 1.24 bits per heavy atom. The minimum Gasteiger partial charge on any atom is -0.368 e. The van der Waals surface area contributed by atoms with Crippen molar-refractivity contribution in [3.05, 3.63) is 11.5 Å². The Morgan fingerprint density at radius 3 is 2.48 bits per heavy atom. The summed E-state index contributed by atoms with van der Waals surface area (Å²) >= 11 is 6.09. The highest BCUT2D eigenvalue weighted by atomic mass is 35.5. The average Bonchev–Trinajstić information content (AvgIpc) is 2.85. The third kappa shape index (κ3) is 5.62. The van der Waals surface area contributed by atoms with Crippen molar-refractivity contribution < 1.29 is 18.3 Å². The lowest BCUT2D eigenvalue weighted by Gasteiger charge is -2.22. The smallest absolute Gasteiger partial charge is 0.356 e. The number of aromatic nitrogens is 4. The normalized spacial score (nSPS) is 12.6. The molecule has 0 aliphatic heterocycles. The Labute approximate surface area is 151 Å². The predicted molar refractivity (Wildman–Crippen MR) is 95.6 cm³/mol. The van der Waals surface area contributed by atoms with Crippen LogP contribution in [0.2, 0.25) is 5.15 Å². The number of nitrogen functional groups attached to an aromatic ring is 1. The van der Waals surface area contributed by atoms with Gasteiger partial charge in [0, 0.05) is 6.54 Å². The van der Waals surface area contributed by atoms with Gasteiger partial charge in [-0.3, -0.25) is 4.57 Å². The Balaban J connectivity index is 1.97. The van der Waals surface area contributed by atoms with E-state index < -0.39 is 7.60 Å². The topological polar surface area (TPSA) is 114 Å². The molecule has 0 bridgehead atoms. The zero-order valence-corrected chi connectivity index (χ0v) is 16.3. The van der Waals surface area contributed by atoms with Gasteiger partial charge in [0.1, 0.15) is 11.9 Å². The van der Waals surface area contributed by atoms with E-state index >= 15 is 0 Å². The maximum absolute atomic E-state index is 12.7. The maximum atomic E-state index is 12.7. The molecule has 140 valence electrons. The van der Waals surface area contributed by atoms with Crippen molar-refractivity contribution in [3.63, 3.8) is 0 Å². The second-order valence-corrected chi connectivity index (χ2v) is 8.20. The van der Waals surface area contributed by atoms with Crippen molar-refractivity contribution in [2.24, 2.45) is 0 Å². The van der Waals surface area contributed by atoms with Crippen LogP contribution in [0, 0.1) is 0 Å². The predicted octanol–water partition coefficient (Wildman–Crippen LogP) is 3.08.